The fourth-order valence-electron chi connectivity index (χ4n) is 6.39. The van der Waals surface area contributed by atoms with Crippen molar-refractivity contribution in [2.75, 3.05) is 30.9 Å². The molecular weight excluding hydrogens is 659 g/mol. The lowest BCUT2D eigenvalue weighted by atomic mass is 9.94. The van der Waals surface area contributed by atoms with Crippen LogP contribution < -0.4 is 10.2 Å². The van der Waals surface area contributed by atoms with Crippen LogP contribution in [0.15, 0.2) is 91.3 Å². The molecule has 0 atom stereocenters. The highest BCUT2D eigenvalue weighted by molar-refractivity contribution is 7.22. The maximum absolute atomic E-state index is 13.7. The van der Waals surface area contributed by atoms with Gasteiger partial charge < -0.3 is 14.5 Å². The first-order valence-electron chi connectivity index (χ1n) is 17.0. The highest BCUT2D eigenvalue weighted by atomic mass is 32.1. The predicted octanol–water partition coefficient (Wildman–Crippen LogP) is 7.44. The van der Waals surface area contributed by atoms with E-state index in [0.29, 0.717) is 41.7 Å². The Balaban J connectivity index is 1.15. The Kier molecular flexibility index (Phi) is 9.41. The third kappa shape index (κ3) is 7.84. The summed E-state index contributed by atoms with van der Waals surface area (Å²) in [4.78, 5) is 41.1. The number of aromatic nitrogens is 4. The standard InChI is InChI=1S/C40H41N7O3S/c1-40(2,3)50-38(49)36-30(29-21-41-47(24-29)23-27-11-8-10-26(20-27)22-45(4)5)16-17-35(43-36)46-19-18-28-12-9-13-31(32(28)25-46)37(48)44-39-42-33-14-6-7-15-34(33)51-39/h6-17,20-21,24H,18-19,22-23,25H2,1-5H3,(H,42,44,48). The summed E-state index contributed by atoms with van der Waals surface area (Å²) in [7, 11) is 4.11. The van der Waals surface area contributed by atoms with Gasteiger partial charge in [-0.3, -0.25) is 14.8 Å². The van der Waals surface area contributed by atoms with Crippen LogP contribution in [0, 0.1) is 0 Å². The molecule has 0 saturated carbocycles. The Labute approximate surface area is 301 Å². The molecule has 0 aliphatic carbocycles. The summed E-state index contributed by atoms with van der Waals surface area (Å²) in [5.74, 6) is -0.0690. The molecule has 3 aromatic carbocycles. The van der Waals surface area contributed by atoms with Crippen molar-refractivity contribution in [3.05, 3.63) is 125 Å². The topological polar surface area (TPSA) is 105 Å². The summed E-state index contributed by atoms with van der Waals surface area (Å²) in [6.45, 7) is 8.13. The van der Waals surface area contributed by atoms with Crippen LogP contribution in [0.5, 0.6) is 0 Å². The van der Waals surface area contributed by atoms with Crippen LogP contribution >= 0.6 is 11.3 Å². The Morgan fingerprint density at radius 3 is 2.57 bits per heavy atom. The van der Waals surface area contributed by atoms with E-state index in [1.807, 2.05) is 80.2 Å². The number of esters is 1. The number of nitrogens with one attached hydrogen (secondary N) is 1. The summed E-state index contributed by atoms with van der Waals surface area (Å²) in [5, 5.41) is 8.21. The molecule has 0 unspecified atom stereocenters. The van der Waals surface area contributed by atoms with E-state index in [2.05, 4.69) is 69.6 Å². The van der Waals surface area contributed by atoms with Crippen LogP contribution in [0.25, 0.3) is 21.3 Å². The third-order valence-corrected chi connectivity index (χ3v) is 9.56. The molecule has 3 aromatic heterocycles. The molecule has 51 heavy (non-hydrogen) atoms. The number of amides is 1. The molecule has 1 N–H and O–H groups in total. The fraction of sp³-hybridized carbons (Fsp3) is 0.275. The monoisotopic (exact) mass is 699 g/mol. The number of benzene rings is 3. The average molecular weight is 700 g/mol. The molecule has 260 valence electrons. The van der Waals surface area contributed by atoms with Crippen molar-refractivity contribution in [3.8, 4) is 11.1 Å². The minimum absolute atomic E-state index is 0.202. The predicted molar refractivity (Wildman–Crippen MR) is 202 cm³/mol. The van der Waals surface area contributed by atoms with E-state index < -0.39 is 11.6 Å². The molecule has 0 fully saturated rings. The van der Waals surface area contributed by atoms with Crippen LogP contribution in [0.3, 0.4) is 0 Å². The van der Waals surface area contributed by atoms with E-state index in [0.717, 1.165) is 45.4 Å². The van der Waals surface area contributed by atoms with Crippen LogP contribution in [0.4, 0.5) is 10.9 Å². The van der Waals surface area contributed by atoms with Gasteiger partial charge >= 0.3 is 5.97 Å². The third-order valence-electron chi connectivity index (χ3n) is 8.61. The second kappa shape index (κ2) is 14.1. The van der Waals surface area contributed by atoms with Crippen molar-refractivity contribution < 1.29 is 14.3 Å². The van der Waals surface area contributed by atoms with Crippen molar-refractivity contribution in [1.82, 2.24) is 24.6 Å². The zero-order chi connectivity index (χ0) is 35.7. The maximum Gasteiger partial charge on any atom is 0.358 e. The van der Waals surface area contributed by atoms with Gasteiger partial charge in [-0.25, -0.2) is 14.8 Å². The van der Waals surface area contributed by atoms with Crippen molar-refractivity contribution in [1.29, 1.82) is 0 Å². The first kappa shape index (κ1) is 34.1. The lowest BCUT2D eigenvalue weighted by Crippen LogP contribution is -2.33. The summed E-state index contributed by atoms with van der Waals surface area (Å²) in [6, 6.07) is 26.0. The van der Waals surface area contributed by atoms with E-state index in [4.69, 9.17) is 9.72 Å². The largest absolute Gasteiger partial charge is 0.455 e. The van der Waals surface area contributed by atoms with Gasteiger partial charge in [0.25, 0.3) is 5.91 Å². The average Bonchev–Trinajstić information content (AvgIpc) is 3.73. The number of thiazole rings is 1. The van der Waals surface area contributed by atoms with E-state index in [1.54, 1.807) is 6.20 Å². The Morgan fingerprint density at radius 2 is 1.76 bits per heavy atom. The molecule has 1 aliphatic heterocycles. The number of para-hydroxylation sites is 1. The lowest BCUT2D eigenvalue weighted by molar-refractivity contribution is 0.00638. The molecule has 0 bridgehead atoms. The number of hydrogen-bond acceptors (Lipinski definition) is 9. The van der Waals surface area contributed by atoms with Gasteiger partial charge in [0.15, 0.2) is 10.8 Å². The van der Waals surface area contributed by atoms with Gasteiger partial charge in [0.2, 0.25) is 0 Å². The number of carbonyl (C=O) groups excluding carboxylic acids is 2. The first-order chi connectivity index (χ1) is 24.5. The normalized spacial score (nSPS) is 13.0. The molecule has 6 aromatic rings. The van der Waals surface area contributed by atoms with E-state index in [-0.39, 0.29) is 11.6 Å². The number of hydrogen-bond donors (Lipinski definition) is 1. The Bertz CT molecular complexity index is 2200. The van der Waals surface area contributed by atoms with E-state index in [1.165, 1.54) is 16.9 Å². The van der Waals surface area contributed by atoms with Gasteiger partial charge in [-0.15, -0.1) is 0 Å². The fourth-order valence-corrected chi connectivity index (χ4v) is 7.25. The number of anilines is 2. The van der Waals surface area contributed by atoms with Gasteiger partial charge in [-0.2, -0.15) is 5.10 Å². The first-order valence-corrected chi connectivity index (χ1v) is 17.8. The van der Waals surface area contributed by atoms with Crippen LogP contribution in [-0.2, 0) is 30.8 Å². The summed E-state index contributed by atoms with van der Waals surface area (Å²) in [6.07, 6.45) is 4.43. The van der Waals surface area contributed by atoms with Crippen LogP contribution in [-0.4, -0.2) is 62.8 Å². The second-order valence-electron chi connectivity index (χ2n) is 14.1. The molecule has 1 aliphatic rings. The van der Waals surface area contributed by atoms with E-state index in [9.17, 15) is 9.59 Å². The van der Waals surface area contributed by atoms with Crippen molar-refractivity contribution in [3.63, 3.8) is 0 Å². The maximum atomic E-state index is 13.7. The number of ether oxygens (including phenoxy) is 1. The number of nitrogens with zero attached hydrogens (tertiary/aromatic N) is 6. The molecule has 0 saturated heterocycles. The summed E-state index contributed by atoms with van der Waals surface area (Å²) < 4.78 is 8.74. The SMILES string of the molecule is CN(C)Cc1cccc(Cn2cc(-c3ccc(N4CCc5cccc(C(=O)Nc6nc7ccccc7s6)c5C4)nc3C(=O)OC(C)(C)C)cn2)c1. The van der Waals surface area contributed by atoms with Crippen molar-refractivity contribution in [2.45, 2.75) is 52.4 Å². The molecule has 0 radical (unpaired) electrons. The van der Waals surface area contributed by atoms with Crippen LogP contribution in [0.2, 0.25) is 0 Å². The van der Waals surface area contributed by atoms with Gasteiger partial charge in [-0.1, -0.05) is 59.9 Å². The molecule has 11 heteroatoms. The number of fused-ring (bicyclic) bond motifs is 2. The Morgan fingerprint density at radius 1 is 0.961 bits per heavy atom. The highest BCUT2D eigenvalue weighted by Gasteiger charge is 2.27. The van der Waals surface area contributed by atoms with E-state index >= 15 is 0 Å². The lowest BCUT2D eigenvalue weighted by Gasteiger charge is -2.31. The van der Waals surface area contributed by atoms with Crippen LogP contribution in [0.1, 0.15) is 63.9 Å². The minimum atomic E-state index is -0.705. The van der Waals surface area contributed by atoms with Crippen molar-refractivity contribution >= 4 is 44.4 Å². The summed E-state index contributed by atoms with van der Waals surface area (Å²) in [5.41, 5.74) is 6.82. The number of pyridine rings is 1. The zero-order valence-electron chi connectivity index (χ0n) is 29.5. The molecule has 4 heterocycles. The molecule has 1 amide bonds. The van der Waals surface area contributed by atoms with Gasteiger partial charge in [-0.05, 0) is 93.9 Å². The number of carbonyl (C=O) groups is 2. The molecule has 0 spiro atoms. The molecular formula is C40H41N7O3S. The Hall–Kier alpha value is -5.39. The van der Waals surface area contributed by atoms with Gasteiger partial charge in [0.1, 0.15) is 11.4 Å². The zero-order valence-corrected chi connectivity index (χ0v) is 30.3. The molecule has 10 nitrogen and oxygen atoms in total. The second-order valence-corrected chi connectivity index (χ2v) is 15.1. The molecule has 7 rings (SSSR count). The van der Waals surface area contributed by atoms with Crippen molar-refractivity contribution in [2.24, 2.45) is 0 Å². The smallest absolute Gasteiger partial charge is 0.358 e. The van der Waals surface area contributed by atoms with Gasteiger partial charge in [0, 0.05) is 42.5 Å². The quantitative estimate of drug-likeness (QED) is 0.155. The van der Waals surface area contributed by atoms with Gasteiger partial charge in [0.05, 0.1) is 23.0 Å². The number of rotatable bonds is 9. The summed E-state index contributed by atoms with van der Waals surface area (Å²) >= 11 is 1.45. The minimum Gasteiger partial charge on any atom is -0.455 e. The highest BCUT2D eigenvalue weighted by Crippen LogP contribution is 2.32.